The van der Waals surface area contributed by atoms with E-state index in [0.29, 0.717) is 11.1 Å². The molecule has 4 heteroatoms. The second-order valence-corrected chi connectivity index (χ2v) is 8.72. The maximum Gasteiger partial charge on any atom is 0.262 e. The minimum Gasteiger partial charge on any atom is -0.269 e. The number of hydrogen-bond acceptors (Lipinski definition) is 2. The van der Waals surface area contributed by atoms with E-state index < -0.39 is 7.92 Å². The van der Waals surface area contributed by atoms with Crippen LogP contribution >= 0.6 is 7.92 Å². The highest BCUT2D eigenvalue weighted by molar-refractivity contribution is 7.73. The Hall–Kier alpha value is -2.77. The summed E-state index contributed by atoms with van der Waals surface area (Å²) in [5, 5.41) is 2.30. The zero-order chi connectivity index (χ0) is 18.1. The molecule has 0 aliphatic carbocycles. The second kappa shape index (κ2) is 6.86. The molecule has 3 nitrogen and oxygen atoms in total. The Balaban J connectivity index is 1.78. The van der Waals surface area contributed by atoms with Gasteiger partial charge in [0.05, 0.1) is 16.9 Å². The minimum absolute atomic E-state index is 0.197. The molecule has 0 bridgehead atoms. The molecule has 1 atom stereocenters. The Morgan fingerprint density at radius 2 is 1.04 bits per heavy atom. The number of benzene rings is 3. The van der Waals surface area contributed by atoms with Gasteiger partial charge in [-0.05, 0) is 37.6 Å². The van der Waals surface area contributed by atoms with Gasteiger partial charge in [-0.15, -0.1) is 0 Å². The first-order valence-electron chi connectivity index (χ1n) is 8.55. The maximum absolute atomic E-state index is 12.9. The van der Waals surface area contributed by atoms with E-state index in [1.165, 1.54) is 4.90 Å². The molecular formula is C22H18NO2P. The number of amides is 2. The Labute approximate surface area is 154 Å². The summed E-state index contributed by atoms with van der Waals surface area (Å²) in [6.07, 6.45) is 0. The predicted octanol–water partition coefficient (Wildman–Crippen LogP) is 3.76. The smallest absolute Gasteiger partial charge is 0.262 e. The molecule has 0 radical (unpaired) electrons. The molecule has 1 aliphatic heterocycles. The number of fused-ring (bicyclic) bond motifs is 1. The number of hydrogen-bond donors (Lipinski definition) is 0. The van der Waals surface area contributed by atoms with Crippen molar-refractivity contribution in [3.05, 3.63) is 96.1 Å². The summed E-state index contributed by atoms with van der Waals surface area (Å²) < 4.78 is 0. The Morgan fingerprint density at radius 1 is 0.654 bits per heavy atom. The van der Waals surface area contributed by atoms with E-state index in [0.717, 1.165) is 10.6 Å². The molecular weight excluding hydrogens is 341 g/mol. The van der Waals surface area contributed by atoms with Crippen LogP contribution in [-0.2, 0) is 0 Å². The van der Waals surface area contributed by atoms with E-state index >= 15 is 0 Å². The monoisotopic (exact) mass is 359 g/mol. The molecule has 1 aliphatic rings. The van der Waals surface area contributed by atoms with Crippen LogP contribution in [0.25, 0.3) is 0 Å². The van der Waals surface area contributed by atoms with Gasteiger partial charge in [-0.2, -0.15) is 0 Å². The molecule has 1 heterocycles. The molecule has 0 aromatic heterocycles. The van der Waals surface area contributed by atoms with Crippen molar-refractivity contribution in [1.29, 1.82) is 0 Å². The quantitative estimate of drug-likeness (QED) is 0.525. The normalized spacial score (nSPS) is 14.6. The molecule has 4 rings (SSSR count). The van der Waals surface area contributed by atoms with Crippen molar-refractivity contribution in [1.82, 2.24) is 4.90 Å². The van der Waals surface area contributed by atoms with Gasteiger partial charge in [-0.3, -0.25) is 14.5 Å². The number of carbonyl (C=O) groups is 2. The lowest BCUT2D eigenvalue weighted by molar-refractivity contribution is 0.0644. The van der Waals surface area contributed by atoms with Gasteiger partial charge in [0, 0.05) is 0 Å². The summed E-state index contributed by atoms with van der Waals surface area (Å²) in [5.41, 5.74) is 1.00. The summed E-state index contributed by atoms with van der Waals surface area (Å²) in [6, 6.07) is 27.3. The van der Waals surface area contributed by atoms with E-state index in [9.17, 15) is 9.59 Å². The Bertz CT molecular complexity index is 882. The number of rotatable bonds is 4. The average molecular weight is 359 g/mol. The van der Waals surface area contributed by atoms with Crippen LogP contribution in [0.2, 0.25) is 0 Å². The molecule has 0 fully saturated rings. The van der Waals surface area contributed by atoms with Gasteiger partial charge in [0.25, 0.3) is 11.8 Å². The van der Waals surface area contributed by atoms with Crippen molar-refractivity contribution in [2.75, 3.05) is 0 Å². The van der Waals surface area contributed by atoms with E-state index in [1.807, 2.05) is 43.3 Å². The minimum atomic E-state index is -0.895. The van der Waals surface area contributed by atoms with E-state index in [-0.39, 0.29) is 17.6 Å². The molecule has 0 spiro atoms. The molecule has 128 valence electrons. The van der Waals surface area contributed by atoms with Crippen LogP contribution in [0.4, 0.5) is 0 Å². The van der Waals surface area contributed by atoms with Gasteiger partial charge < -0.3 is 0 Å². The molecule has 2 amide bonds. The van der Waals surface area contributed by atoms with Gasteiger partial charge in [0.1, 0.15) is 0 Å². The Kier molecular flexibility index (Phi) is 4.40. The number of imide groups is 1. The van der Waals surface area contributed by atoms with Crippen LogP contribution in [-0.4, -0.2) is 22.5 Å². The zero-order valence-corrected chi connectivity index (χ0v) is 15.3. The van der Waals surface area contributed by atoms with Gasteiger partial charge in [0.15, 0.2) is 0 Å². The van der Waals surface area contributed by atoms with Crippen LogP contribution < -0.4 is 10.6 Å². The number of nitrogens with zero attached hydrogens (tertiary/aromatic N) is 1. The fourth-order valence-corrected chi connectivity index (χ4v) is 6.01. The van der Waals surface area contributed by atoms with Crippen molar-refractivity contribution in [3.63, 3.8) is 0 Å². The molecule has 3 aromatic rings. The summed E-state index contributed by atoms with van der Waals surface area (Å²) >= 11 is 0. The third kappa shape index (κ3) is 2.75. The fraction of sp³-hybridized carbons (Fsp3) is 0.0909. The highest BCUT2D eigenvalue weighted by Crippen LogP contribution is 2.43. The molecule has 0 N–H and O–H groups in total. The maximum atomic E-state index is 12.9. The SMILES string of the molecule is CC(N1C(=O)c2ccccc2C1=O)P(c1ccccc1)c1ccccc1. The highest BCUT2D eigenvalue weighted by atomic mass is 31.1. The molecule has 0 saturated heterocycles. The fourth-order valence-electron chi connectivity index (χ4n) is 3.42. The van der Waals surface area contributed by atoms with Crippen molar-refractivity contribution < 1.29 is 9.59 Å². The van der Waals surface area contributed by atoms with Crippen LogP contribution in [0, 0.1) is 0 Å². The molecule has 1 unspecified atom stereocenters. The second-order valence-electron chi connectivity index (χ2n) is 6.20. The van der Waals surface area contributed by atoms with Crippen LogP contribution in [0.3, 0.4) is 0 Å². The topological polar surface area (TPSA) is 37.4 Å². The molecule has 26 heavy (non-hydrogen) atoms. The predicted molar refractivity (Wildman–Crippen MR) is 105 cm³/mol. The largest absolute Gasteiger partial charge is 0.269 e. The lowest BCUT2D eigenvalue weighted by Crippen LogP contribution is -2.40. The first kappa shape index (κ1) is 16.7. The van der Waals surface area contributed by atoms with Crippen LogP contribution in [0.5, 0.6) is 0 Å². The first-order valence-corrected chi connectivity index (χ1v) is 9.96. The van der Waals surface area contributed by atoms with Crippen LogP contribution in [0.15, 0.2) is 84.9 Å². The summed E-state index contributed by atoms with van der Waals surface area (Å²) in [7, 11) is -0.895. The third-order valence-electron chi connectivity index (χ3n) is 4.64. The van der Waals surface area contributed by atoms with Gasteiger partial charge >= 0.3 is 0 Å². The van der Waals surface area contributed by atoms with Gasteiger partial charge in [0.2, 0.25) is 0 Å². The number of carbonyl (C=O) groups excluding carboxylic acids is 2. The van der Waals surface area contributed by atoms with Gasteiger partial charge in [-0.1, -0.05) is 72.8 Å². The van der Waals surface area contributed by atoms with E-state index in [2.05, 4.69) is 24.3 Å². The van der Waals surface area contributed by atoms with Crippen LogP contribution in [0.1, 0.15) is 27.6 Å². The lowest BCUT2D eigenvalue weighted by atomic mass is 10.1. The van der Waals surface area contributed by atoms with Crippen molar-refractivity contribution in [2.45, 2.75) is 12.7 Å². The first-order chi connectivity index (χ1) is 12.7. The summed E-state index contributed by atoms with van der Waals surface area (Å²) in [6.45, 7) is 1.98. The average Bonchev–Trinajstić information content (AvgIpc) is 2.95. The zero-order valence-electron chi connectivity index (χ0n) is 14.4. The van der Waals surface area contributed by atoms with Crippen molar-refractivity contribution in [3.8, 4) is 0 Å². The summed E-state index contributed by atoms with van der Waals surface area (Å²) in [5.74, 6) is -0.628. The molecule has 0 saturated carbocycles. The molecule has 3 aromatic carbocycles. The van der Waals surface area contributed by atoms with E-state index in [4.69, 9.17) is 0 Å². The van der Waals surface area contributed by atoms with Gasteiger partial charge in [-0.25, -0.2) is 0 Å². The summed E-state index contributed by atoms with van der Waals surface area (Å²) in [4.78, 5) is 27.3. The highest BCUT2D eigenvalue weighted by Gasteiger charge is 2.41. The standard InChI is InChI=1S/C22H18NO2P/c1-16(23-21(24)19-14-8-9-15-20(19)22(23)25)26(17-10-4-2-5-11-17)18-12-6-3-7-13-18/h2-16H,1H3. The van der Waals surface area contributed by atoms with Crippen molar-refractivity contribution in [2.24, 2.45) is 0 Å². The Morgan fingerprint density at radius 3 is 1.46 bits per heavy atom. The van der Waals surface area contributed by atoms with E-state index in [1.54, 1.807) is 24.3 Å². The lowest BCUT2D eigenvalue weighted by Gasteiger charge is -2.31. The third-order valence-corrected chi connectivity index (χ3v) is 7.33. The van der Waals surface area contributed by atoms with Crippen molar-refractivity contribution >= 4 is 30.3 Å².